The van der Waals surface area contributed by atoms with E-state index in [1.54, 1.807) is 0 Å². The van der Waals surface area contributed by atoms with Gasteiger partial charge in [0.15, 0.2) is 0 Å². The second-order valence-corrected chi connectivity index (χ2v) is 24.8. The van der Waals surface area contributed by atoms with Crippen molar-refractivity contribution < 1.29 is 0 Å². The van der Waals surface area contributed by atoms with E-state index >= 15 is 0 Å². The van der Waals surface area contributed by atoms with Crippen molar-refractivity contribution in [1.29, 1.82) is 0 Å². The van der Waals surface area contributed by atoms with Crippen molar-refractivity contribution >= 4 is 60.8 Å². The molecule has 14 rings (SSSR count). The van der Waals surface area contributed by atoms with Crippen LogP contribution >= 0.6 is 0 Å². The lowest BCUT2D eigenvalue weighted by molar-refractivity contribution is 0.443. The minimum atomic E-state index is 0.717. The van der Waals surface area contributed by atoms with Crippen molar-refractivity contribution in [3.63, 3.8) is 0 Å². The van der Waals surface area contributed by atoms with Crippen molar-refractivity contribution in [2.75, 3.05) is 9.80 Å². The van der Waals surface area contributed by atoms with Gasteiger partial charge in [0.25, 0.3) is 0 Å². The number of hydrogen-bond donors (Lipinski definition) is 0. The van der Waals surface area contributed by atoms with Crippen molar-refractivity contribution in [2.45, 2.75) is 110 Å². The fourth-order valence-electron chi connectivity index (χ4n) is 14.4. The predicted octanol–water partition coefficient (Wildman–Crippen LogP) is 24.0. The smallest absolute Gasteiger partial charge is 0.0546 e. The quantitative estimate of drug-likeness (QED) is 0.106. The number of rotatable bonds is 13. The van der Waals surface area contributed by atoms with Gasteiger partial charge in [0, 0.05) is 40.1 Å². The summed E-state index contributed by atoms with van der Waals surface area (Å²) < 4.78 is 0. The van der Waals surface area contributed by atoms with Crippen LogP contribution in [0.5, 0.6) is 0 Å². The molecule has 12 aromatic carbocycles. The number of anilines is 5. The van der Waals surface area contributed by atoms with E-state index in [0.717, 1.165) is 35.4 Å². The molecule has 0 amide bonds. The number of hydrogen-bond acceptors (Lipinski definition) is 2. The largest absolute Gasteiger partial charge is 0.336 e. The normalized spacial score (nSPS) is 14.1. The summed E-state index contributed by atoms with van der Waals surface area (Å²) in [7, 11) is 0. The van der Waals surface area contributed by atoms with E-state index < -0.39 is 0 Å². The van der Waals surface area contributed by atoms with Crippen LogP contribution in [-0.2, 0) is 6.54 Å². The topological polar surface area (TPSA) is 6.48 Å². The van der Waals surface area contributed by atoms with Gasteiger partial charge in [-0.1, -0.05) is 250 Å². The average molecular weight is 1100 g/mol. The van der Waals surface area contributed by atoms with Gasteiger partial charge in [-0.3, -0.25) is 0 Å². The van der Waals surface area contributed by atoms with E-state index in [-0.39, 0.29) is 0 Å². The minimum absolute atomic E-state index is 0.717. The second-order valence-electron chi connectivity index (χ2n) is 24.8. The first kappa shape index (κ1) is 54.0. The standard InChI is InChI=1S/C83H76N2/c1-56-23-25-72(58(3)51-56)55-84(73-46-42-70(43-47-73)68-38-34-66(35-39-68)64-30-26-62(27-31-64)60-15-7-5-8-16-60)82-53-79-76-20-12-14-22-78(76)83(54-80(79)75-19-11-13-21-77(75)82)85(81-50-24-57(2)52-59(81)4)74-48-44-71(45-49-74)69-40-36-67(37-41-69)65-32-28-63(29-33-65)61-17-9-6-10-18-61/h11-14,19-54,60-61H,5-10,15-18,55H2,1-4H3. The molecule has 12 aromatic rings. The number of aryl methyl sites for hydroxylation is 4. The highest BCUT2D eigenvalue weighted by atomic mass is 15.1. The van der Waals surface area contributed by atoms with Gasteiger partial charge in [-0.2, -0.15) is 0 Å². The Labute approximate surface area is 504 Å². The van der Waals surface area contributed by atoms with E-state index in [2.05, 4.69) is 280 Å². The molecule has 2 heteroatoms. The van der Waals surface area contributed by atoms with E-state index in [1.165, 1.54) is 191 Å². The molecule has 85 heavy (non-hydrogen) atoms. The first-order valence-corrected chi connectivity index (χ1v) is 31.5. The molecule has 2 aliphatic rings. The summed E-state index contributed by atoms with van der Waals surface area (Å²) >= 11 is 0. The van der Waals surface area contributed by atoms with Crippen LogP contribution in [0, 0.1) is 27.7 Å². The van der Waals surface area contributed by atoms with Crippen molar-refractivity contribution in [3.05, 3.63) is 282 Å². The molecule has 0 heterocycles. The second kappa shape index (κ2) is 23.6. The van der Waals surface area contributed by atoms with Crippen molar-refractivity contribution in [2.24, 2.45) is 0 Å². The highest BCUT2D eigenvalue weighted by Gasteiger charge is 2.24. The van der Waals surface area contributed by atoms with Gasteiger partial charge in [-0.05, 0) is 202 Å². The molecule has 418 valence electrons. The Kier molecular flexibility index (Phi) is 15.0. The van der Waals surface area contributed by atoms with Crippen molar-refractivity contribution in [1.82, 2.24) is 0 Å². The summed E-state index contributed by atoms with van der Waals surface area (Å²) in [6.45, 7) is 9.62. The molecule has 0 aromatic heterocycles. The van der Waals surface area contributed by atoms with Gasteiger partial charge >= 0.3 is 0 Å². The number of fused-ring (bicyclic) bond motifs is 5. The lowest BCUT2D eigenvalue weighted by Crippen LogP contribution is -2.18. The summed E-state index contributed by atoms with van der Waals surface area (Å²) in [6.07, 6.45) is 13.5. The zero-order valence-corrected chi connectivity index (χ0v) is 49.9. The molecule has 0 N–H and O–H groups in total. The molecule has 0 aliphatic heterocycles. The molecule has 0 bridgehead atoms. The Hall–Kier alpha value is -8.98. The monoisotopic (exact) mass is 1100 g/mol. The molecule has 2 fully saturated rings. The SMILES string of the molecule is Cc1ccc(CN(c2ccc(-c3ccc(-c4ccc(C5CCCCC5)cc4)cc3)cc2)c2cc3c4ccccc4c(N(c4ccc(-c5ccc(-c6ccc(C7CCCCC7)cc6)cc5)cc4)c4ccc(C)cc4C)cc3c3ccccc23)c(C)c1. The third-order valence-corrected chi connectivity index (χ3v) is 19.2. The molecule has 0 atom stereocenters. The summed E-state index contributed by atoms with van der Waals surface area (Å²) in [4.78, 5) is 5.05. The molecule has 2 aliphatic carbocycles. The van der Waals surface area contributed by atoms with Crippen LogP contribution in [0.1, 0.15) is 115 Å². The third-order valence-electron chi connectivity index (χ3n) is 19.2. The zero-order chi connectivity index (χ0) is 57.4. The molecule has 2 saturated carbocycles. The molecule has 0 radical (unpaired) electrons. The lowest BCUT2D eigenvalue weighted by Gasteiger charge is -2.31. The van der Waals surface area contributed by atoms with Crippen LogP contribution in [0.2, 0.25) is 0 Å². The maximum atomic E-state index is 2.55. The molecular weight excluding hydrogens is 1020 g/mol. The van der Waals surface area contributed by atoms with Gasteiger partial charge in [0.05, 0.1) is 5.69 Å². The van der Waals surface area contributed by atoms with Gasteiger partial charge < -0.3 is 9.80 Å². The summed E-state index contributed by atoms with van der Waals surface area (Å²) in [6, 6.07) is 92.5. The Morgan fingerprint density at radius 3 is 1.09 bits per heavy atom. The summed E-state index contributed by atoms with van der Waals surface area (Å²) in [5.41, 5.74) is 25.1. The fraction of sp³-hybridized carbons (Fsp3) is 0.205. The van der Waals surface area contributed by atoms with Gasteiger partial charge in [-0.25, -0.2) is 0 Å². The van der Waals surface area contributed by atoms with Gasteiger partial charge in [-0.15, -0.1) is 0 Å². The molecule has 0 spiro atoms. The Bertz CT molecular complexity index is 4330. The van der Waals surface area contributed by atoms with Crippen LogP contribution in [0.3, 0.4) is 0 Å². The van der Waals surface area contributed by atoms with E-state index in [1.807, 2.05) is 0 Å². The Balaban J connectivity index is 0.827. The minimum Gasteiger partial charge on any atom is -0.336 e. The van der Waals surface area contributed by atoms with Crippen LogP contribution in [0.4, 0.5) is 28.4 Å². The zero-order valence-electron chi connectivity index (χ0n) is 49.9. The predicted molar refractivity (Wildman–Crippen MR) is 365 cm³/mol. The first-order valence-electron chi connectivity index (χ1n) is 31.5. The first-order chi connectivity index (χ1) is 41.8. The Morgan fingerprint density at radius 1 is 0.294 bits per heavy atom. The van der Waals surface area contributed by atoms with Crippen molar-refractivity contribution in [3.8, 4) is 44.5 Å². The van der Waals surface area contributed by atoms with Crippen LogP contribution in [0.15, 0.2) is 243 Å². The highest BCUT2D eigenvalue weighted by Crippen LogP contribution is 2.48. The average Bonchev–Trinajstić information content (AvgIpc) is 1.12. The van der Waals surface area contributed by atoms with Crippen LogP contribution < -0.4 is 9.80 Å². The maximum Gasteiger partial charge on any atom is 0.0546 e. The van der Waals surface area contributed by atoms with Crippen LogP contribution in [0.25, 0.3) is 76.8 Å². The summed E-state index contributed by atoms with van der Waals surface area (Å²) in [5, 5.41) is 7.34. The fourth-order valence-corrected chi connectivity index (χ4v) is 14.4. The third kappa shape index (κ3) is 11.0. The molecular formula is C83H76N2. The van der Waals surface area contributed by atoms with E-state index in [4.69, 9.17) is 0 Å². The van der Waals surface area contributed by atoms with E-state index in [9.17, 15) is 0 Å². The van der Waals surface area contributed by atoms with Gasteiger partial charge in [0.1, 0.15) is 0 Å². The maximum absolute atomic E-state index is 2.55. The molecule has 0 unspecified atom stereocenters. The molecule has 0 saturated heterocycles. The van der Waals surface area contributed by atoms with Crippen LogP contribution in [-0.4, -0.2) is 0 Å². The molecule has 2 nitrogen and oxygen atoms in total. The van der Waals surface area contributed by atoms with Gasteiger partial charge in [0.2, 0.25) is 0 Å². The lowest BCUT2D eigenvalue weighted by atomic mass is 9.83. The van der Waals surface area contributed by atoms with E-state index in [0.29, 0.717) is 0 Å². The summed E-state index contributed by atoms with van der Waals surface area (Å²) in [5.74, 6) is 1.44. The number of benzene rings is 12. The highest BCUT2D eigenvalue weighted by molar-refractivity contribution is 6.24. The number of nitrogens with zero attached hydrogens (tertiary/aromatic N) is 2. The Morgan fingerprint density at radius 2 is 0.659 bits per heavy atom.